The van der Waals surface area contributed by atoms with Gasteiger partial charge in [-0.25, -0.2) is 9.78 Å². The lowest BCUT2D eigenvalue weighted by Gasteiger charge is -2.10. The number of esters is 1. The molecule has 0 bridgehead atoms. The van der Waals surface area contributed by atoms with E-state index in [9.17, 15) is 4.79 Å². The molecule has 0 radical (unpaired) electrons. The highest BCUT2D eigenvalue weighted by atomic mass is 16.5. The monoisotopic (exact) mass is 360 g/mol. The molecule has 1 N–H and O–H groups in total. The van der Waals surface area contributed by atoms with Crippen LogP contribution < -0.4 is 4.74 Å². The van der Waals surface area contributed by atoms with E-state index in [-0.39, 0.29) is 0 Å². The average Bonchev–Trinajstić information content (AvgIpc) is 3.07. The van der Waals surface area contributed by atoms with Gasteiger partial charge in [-0.2, -0.15) is 0 Å². The number of hydrogen-bond donors (Lipinski definition) is 1. The summed E-state index contributed by atoms with van der Waals surface area (Å²) in [6.45, 7) is 4.47. The number of nitrogens with zero attached hydrogens (tertiary/aromatic N) is 1. The Kier molecular flexibility index (Phi) is 4.50. The maximum Gasteiger partial charge on any atom is 0.357 e. The summed E-state index contributed by atoms with van der Waals surface area (Å²) in [5.74, 6) is 0.362. The number of hydrogen-bond acceptors (Lipinski definition) is 4. The van der Waals surface area contributed by atoms with Crippen molar-refractivity contribution < 1.29 is 14.3 Å². The minimum absolute atomic E-state index is 0.317. The number of aryl methyl sites for hydroxylation is 1. The standard InChI is InChI=1S/C22H20N2O3/c1-3-26-22(25)21-14(2)19-17(12-23-21)24-16-10-7-11-18(20(16)19)27-13-15-8-5-4-6-9-15/h4-12,24H,3,13H2,1-2H3. The molecule has 2 aromatic carbocycles. The van der Waals surface area contributed by atoms with E-state index < -0.39 is 5.97 Å². The summed E-state index contributed by atoms with van der Waals surface area (Å²) >= 11 is 0. The van der Waals surface area contributed by atoms with Gasteiger partial charge < -0.3 is 14.5 Å². The van der Waals surface area contributed by atoms with E-state index in [1.165, 1.54) is 0 Å². The van der Waals surface area contributed by atoms with Crippen LogP contribution >= 0.6 is 0 Å². The molecule has 0 amide bonds. The summed E-state index contributed by atoms with van der Waals surface area (Å²) < 4.78 is 11.3. The van der Waals surface area contributed by atoms with E-state index in [1.807, 2.05) is 55.5 Å². The third-order valence-corrected chi connectivity index (χ3v) is 4.57. The molecule has 0 unspecified atom stereocenters. The lowest BCUT2D eigenvalue weighted by atomic mass is 10.1. The zero-order valence-electron chi connectivity index (χ0n) is 15.3. The van der Waals surface area contributed by atoms with Crippen molar-refractivity contribution in [3.05, 3.63) is 71.5 Å². The van der Waals surface area contributed by atoms with Gasteiger partial charge in [0.2, 0.25) is 0 Å². The lowest BCUT2D eigenvalue weighted by Crippen LogP contribution is -2.09. The van der Waals surface area contributed by atoms with E-state index in [1.54, 1.807) is 13.1 Å². The molecular weight excluding hydrogens is 340 g/mol. The van der Waals surface area contributed by atoms with Crippen LogP contribution in [0.15, 0.2) is 54.7 Å². The minimum atomic E-state index is -0.408. The molecule has 0 saturated heterocycles. The topological polar surface area (TPSA) is 64.2 Å². The Hall–Kier alpha value is -3.34. The van der Waals surface area contributed by atoms with Gasteiger partial charge in [0.05, 0.1) is 23.8 Å². The first kappa shape index (κ1) is 17.1. The van der Waals surface area contributed by atoms with Gasteiger partial charge in [-0.3, -0.25) is 0 Å². The van der Waals surface area contributed by atoms with Gasteiger partial charge in [0.1, 0.15) is 12.4 Å². The molecule has 136 valence electrons. The largest absolute Gasteiger partial charge is 0.488 e. The van der Waals surface area contributed by atoms with Crippen LogP contribution in [0.2, 0.25) is 0 Å². The Balaban J connectivity index is 1.82. The zero-order valence-corrected chi connectivity index (χ0v) is 15.3. The van der Waals surface area contributed by atoms with Crippen molar-refractivity contribution in [1.29, 1.82) is 0 Å². The van der Waals surface area contributed by atoms with Crippen molar-refractivity contribution >= 4 is 27.8 Å². The number of carbonyl (C=O) groups is 1. The first-order valence-electron chi connectivity index (χ1n) is 8.93. The van der Waals surface area contributed by atoms with E-state index in [4.69, 9.17) is 9.47 Å². The summed E-state index contributed by atoms with van der Waals surface area (Å²) in [6, 6.07) is 15.9. The fourth-order valence-electron chi connectivity index (χ4n) is 3.33. The molecule has 0 spiro atoms. The second-order valence-corrected chi connectivity index (χ2v) is 6.32. The van der Waals surface area contributed by atoms with Crippen LogP contribution in [-0.2, 0) is 11.3 Å². The predicted octanol–water partition coefficient (Wildman–Crippen LogP) is 4.78. The van der Waals surface area contributed by atoms with E-state index >= 15 is 0 Å². The average molecular weight is 360 g/mol. The van der Waals surface area contributed by atoms with Gasteiger partial charge in [-0.1, -0.05) is 36.4 Å². The number of aromatic amines is 1. The summed E-state index contributed by atoms with van der Waals surface area (Å²) in [5, 5.41) is 1.89. The summed E-state index contributed by atoms with van der Waals surface area (Å²) in [6.07, 6.45) is 1.68. The van der Waals surface area contributed by atoms with Gasteiger partial charge in [-0.05, 0) is 37.1 Å². The van der Waals surface area contributed by atoms with E-state index in [0.717, 1.165) is 38.7 Å². The van der Waals surface area contributed by atoms with Gasteiger partial charge in [-0.15, -0.1) is 0 Å². The third-order valence-electron chi connectivity index (χ3n) is 4.57. The number of benzene rings is 2. The molecule has 27 heavy (non-hydrogen) atoms. The number of fused-ring (bicyclic) bond motifs is 3. The van der Waals surface area contributed by atoms with Crippen LogP contribution in [0.3, 0.4) is 0 Å². The molecule has 0 aliphatic heterocycles. The molecule has 0 saturated carbocycles. The fraction of sp³-hybridized carbons (Fsp3) is 0.182. The molecule has 2 aromatic heterocycles. The minimum Gasteiger partial charge on any atom is -0.488 e. The number of pyridine rings is 1. The highest BCUT2D eigenvalue weighted by molar-refractivity contribution is 6.13. The normalized spacial score (nSPS) is 11.0. The fourth-order valence-corrected chi connectivity index (χ4v) is 3.33. The van der Waals surface area contributed by atoms with Crippen LogP contribution in [0.1, 0.15) is 28.5 Å². The third kappa shape index (κ3) is 3.12. The summed E-state index contributed by atoms with van der Waals surface area (Å²) in [5.41, 5.74) is 4.03. The Bertz CT molecular complexity index is 1120. The van der Waals surface area contributed by atoms with Gasteiger partial charge in [0.15, 0.2) is 5.69 Å². The molecule has 4 aromatic rings. The molecule has 5 nitrogen and oxygen atoms in total. The Morgan fingerprint density at radius 3 is 2.63 bits per heavy atom. The van der Waals surface area contributed by atoms with Gasteiger partial charge in [0, 0.05) is 10.8 Å². The van der Waals surface area contributed by atoms with Crippen molar-refractivity contribution in [2.75, 3.05) is 6.61 Å². The van der Waals surface area contributed by atoms with Gasteiger partial charge >= 0.3 is 5.97 Å². The highest BCUT2D eigenvalue weighted by Crippen LogP contribution is 2.36. The van der Waals surface area contributed by atoms with Crippen LogP contribution in [0.4, 0.5) is 0 Å². The van der Waals surface area contributed by atoms with Gasteiger partial charge in [0.25, 0.3) is 0 Å². The molecule has 4 rings (SSSR count). The maximum absolute atomic E-state index is 12.2. The van der Waals surface area contributed by atoms with Crippen molar-refractivity contribution in [1.82, 2.24) is 9.97 Å². The van der Waals surface area contributed by atoms with E-state index in [2.05, 4.69) is 9.97 Å². The van der Waals surface area contributed by atoms with Crippen LogP contribution in [0.5, 0.6) is 5.75 Å². The van der Waals surface area contributed by atoms with Crippen LogP contribution in [-0.4, -0.2) is 22.5 Å². The Labute approximate surface area is 156 Å². The molecule has 0 aliphatic rings. The quantitative estimate of drug-likeness (QED) is 0.520. The van der Waals surface area contributed by atoms with E-state index in [0.29, 0.717) is 18.9 Å². The first-order chi connectivity index (χ1) is 13.2. The number of rotatable bonds is 5. The summed E-state index contributed by atoms with van der Waals surface area (Å²) in [4.78, 5) is 19.9. The molecule has 0 aliphatic carbocycles. The van der Waals surface area contributed by atoms with Crippen molar-refractivity contribution in [2.24, 2.45) is 0 Å². The number of carbonyl (C=O) groups excluding carboxylic acids is 1. The Morgan fingerprint density at radius 2 is 1.85 bits per heavy atom. The number of aromatic nitrogens is 2. The zero-order chi connectivity index (χ0) is 18.8. The lowest BCUT2D eigenvalue weighted by molar-refractivity contribution is 0.0519. The van der Waals surface area contributed by atoms with Crippen molar-refractivity contribution in [3.8, 4) is 5.75 Å². The van der Waals surface area contributed by atoms with Crippen LogP contribution in [0, 0.1) is 6.92 Å². The molecular formula is C22H20N2O3. The predicted molar refractivity (Wildman–Crippen MR) is 105 cm³/mol. The Morgan fingerprint density at radius 1 is 1.04 bits per heavy atom. The molecule has 0 atom stereocenters. The maximum atomic E-state index is 12.2. The number of H-pyrrole nitrogens is 1. The molecule has 5 heteroatoms. The molecule has 2 heterocycles. The number of nitrogens with one attached hydrogen (secondary N) is 1. The highest BCUT2D eigenvalue weighted by Gasteiger charge is 2.19. The smallest absolute Gasteiger partial charge is 0.357 e. The van der Waals surface area contributed by atoms with Crippen molar-refractivity contribution in [3.63, 3.8) is 0 Å². The van der Waals surface area contributed by atoms with Crippen molar-refractivity contribution in [2.45, 2.75) is 20.5 Å². The SMILES string of the molecule is CCOC(=O)c1ncc2[nH]c3cccc(OCc4ccccc4)c3c2c1C. The van der Waals surface area contributed by atoms with Crippen LogP contribution in [0.25, 0.3) is 21.8 Å². The number of ether oxygens (including phenoxy) is 2. The second kappa shape index (κ2) is 7.11. The first-order valence-corrected chi connectivity index (χ1v) is 8.93. The molecule has 0 fully saturated rings. The second-order valence-electron chi connectivity index (χ2n) is 6.32. The summed E-state index contributed by atoms with van der Waals surface area (Å²) in [7, 11) is 0.